The van der Waals surface area contributed by atoms with Crippen molar-refractivity contribution in [2.24, 2.45) is 0 Å². The first-order valence-corrected chi connectivity index (χ1v) is 11.7. The predicted octanol–water partition coefficient (Wildman–Crippen LogP) is 4.61. The second kappa shape index (κ2) is 8.76. The molecular formula is C22H29ClN2O3S. The van der Waals surface area contributed by atoms with Gasteiger partial charge in [0.2, 0.25) is 15.9 Å². The molecule has 0 heterocycles. The summed E-state index contributed by atoms with van der Waals surface area (Å²) >= 11 is 6.18. The normalized spacial score (nSPS) is 13.7. The van der Waals surface area contributed by atoms with Gasteiger partial charge in [-0.1, -0.05) is 29.8 Å². The molecule has 1 N–H and O–H groups in total. The number of amides is 1. The van der Waals surface area contributed by atoms with E-state index in [0.717, 1.165) is 32.8 Å². The second-order valence-electron chi connectivity index (χ2n) is 7.69. The van der Waals surface area contributed by atoms with Crippen molar-refractivity contribution in [1.82, 2.24) is 5.32 Å². The molecule has 29 heavy (non-hydrogen) atoms. The lowest BCUT2D eigenvalue weighted by atomic mass is 9.96. The van der Waals surface area contributed by atoms with Crippen LogP contribution in [0.5, 0.6) is 0 Å². The third-order valence-electron chi connectivity index (χ3n) is 5.21. The van der Waals surface area contributed by atoms with Gasteiger partial charge in [0.1, 0.15) is 6.04 Å². The smallest absolute Gasteiger partial charge is 0.244 e. The maximum atomic E-state index is 13.0. The van der Waals surface area contributed by atoms with E-state index in [-0.39, 0.29) is 11.9 Å². The van der Waals surface area contributed by atoms with Gasteiger partial charge in [0.15, 0.2) is 0 Å². The number of carbonyl (C=O) groups excluding carboxylic acids is 1. The molecule has 2 atom stereocenters. The van der Waals surface area contributed by atoms with Crippen LogP contribution >= 0.6 is 11.6 Å². The molecule has 0 radical (unpaired) electrons. The van der Waals surface area contributed by atoms with Crippen LogP contribution in [0.2, 0.25) is 5.02 Å². The topological polar surface area (TPSA) is 66.5 Å². The molecule has 7 heteroatoms. The standard InChI is InChI=1S/C22H29ClN2O3S/c1-13-8-9-19(12-21(13)23)25(29(7,27)28)18(6)22(26)24-17(5)20-11-15(3)14(2)10-16(20)4/h8-12,17-18H,1-7H3,(H,24,26)/t17-,18-/m0/s1. The van der Waals surface area contributed by atoms with Gasteiger partial charge in [-0.15, -0.1) is 0 Å². The summed E-state index contributed by atoms with van der Waals surface area (Å²) in [7, 11) is -3.70. The minimum absolute atomic E-state index is 0.257. The number of anilines is 1. The fourth-order valence-corrected chi connectivity index (χ4v) is 4.73. The van der Waals surface area contributed by atoms with Gasteiger partial charge in [0.25, 0.3) is 0 Å². The second-order valence-corrected chi connectivity index (χ2v) is 9.96. The summed E-state index contributed by atoms with van der Waals surface area (Å²) in [6.07, 6.45) is 1.08. The number of halogens is 1. The third kappa shape index (κ3) is 5.31. The zero-order valence-corrected chi connectivity index (χ0v) is 19.6. The van der Waals surface area contributed by atoms with Gasteiger partial charge >= 0.3 is 0 Å². The van der Waals surface area contributed by atoms with E-state index in [4.69, 9.17) is 11.6 Å². The van der Waals surface area contributed by atoms with E-state index >= 15 is 0 Å². The Hall–Kier alpha value is -2.05. The number of carbonyl (C=O) groups is 1. The molecule has 2 aromatic carbocycles. The highest BCUT2D eigenvalue weighted by Crippen LogP contribution is 2.27. The van der Waals surface area contributed by atoms with Crippen LogP contribution in [0.4, 0.5) is 5.69 Å². The Kier molecular flexibility index (Phi) is 7.01. The molecule has 0 spiro atoms. The zero-order chi connectivity index (χ0) is 22.1. The summed E-state index contributed by atoms with van der Waals surface area (Å²) in [6.45, 7) is 11.4. The Morgan fingerprint density at radius 2 is 1.55 bits per heavy atom. The molecule has 0 saturated heterocycles. The van der Waals surface area contributed by atoms with E-state index in [0.29, 0.717) is 10.7 Å². The highest BCUT2D eigenvalue weighted by Gasteiger charge is 2.30. The quantitative estimate of drug-likeness (QED) is 0.719. The summed E-state index contributed by atoms with van der Waals surface area (Å²) in [4.78, 5) is 13.0. The molecule has 0 aliphatic heterocycles. The molecule has 2 aromatic rings. The van der Waals surface area contributed by atoms with Crippen molar-refractivity contribution in [3.05, 3.63) is 63.2 Å². The van der Waals surface area contributed by atoms with Gasteiger partial charge in [-0.3, -0.25) is 9.10 Å². The number of nitrogens with one attached hydrogen (secondary N) is 1. The van der Waals surface area contributed by atoms with Crippen molar-refractivity contribution in [3.8, 4) is 0 Å². The summed E-state index contributed by atoms with van der Waals surface area (Å²) in [5, 5.41) is 3.40. The molecule has 2 rings (SSSR count). The number of hydrogen-bond donors (Lipinski definition) is 1. The molecule has 0 unspecified atom stereocenters. The summed E-state index contributed by atoms with van der Waals surface area (Å²) in [6, 6.07) is 7.93. The first kappa shape index (κ1) is 23.2. The maximum absolute atomic E-state index is 13.0. The lowest BCUT2D eigenvalue weighted by molar-refractivity contribution is -0.122. The monoisotopic (exact) mass is 436 g/mol. The number of benzene rings is 2. The van der Waals surface area contributed by atoms with Crippen LogP contribution in [0, 0.1) is 27.7 Å². The van der Waals surface area contributed by atoms with E-state index in [1.54, 1.807) is 25.1 Å². The summed E-state index contributed by atoms with van der Waals surface area (Å²) in [5.41, 5.74) is 5.63. The first-order valence-electron chi connectivity index (χ1n) is 9.46. The SMILES string of the molecule is Cc1cc(C)c([C@H](C)NC(=O)[C@H](C)N(c2ccc(C)c(Cl)c2)S(C)(=O)=O)cc1C. The predicted molar refractivity (Wildman–Crippen MR) is 120 cm³/mol. The average Bonchev–Trinajstić information content (AvgIpc) is 2.59. The lowest BCUT2D eigenvalue weighted by Crippen LogP contribution is -2.48. The van der Waals surface area contributed by atoms with Crippen molar-refractivity contribution >= 4 is 33.2 Å². The van der Waals surface area contributed by atoms with Crippen LogP contribution in [-0.4, -0.2) is 26.6 Å². The van der Waals surface area contributed by atoms with Crippen molar-refractivity contribution < 1.29 is 13.2 Å². The Labute approximate surface area is 179 Å². The molecule has 5 nitrogen and oxygen atoms in total. The Bertz CT molecular complexity index is 1030. The number of nitrogens with zero attached hydrogens (tertiary/aromatic N) is 1. The van der Waals surface area contributed by atoms with E-state index in [1.165, 1.54) is 5.56 Å². The number of aryl methyl sites for hydroxylation is 4. The van der Waals surface area contributed by atoms with Crippen molar-refractivity contribution in [2.45, 2.75) is 53.6 Å². The van der Waals surface area contributed by atoms with Crippen LogP contribution in [0.25, 0.3) is 0 Å². The van der Waals surface area contributed by atoms with E-state index < -0.39 is 16.1 Å². The van der Waals surface area contributed by atoms with Crippen LogP contribution in [0.3, 0.4) is 0 Å². The Morgan fingerprint density at radius 3 is 2.10 bits per heavy atom. The summed E-state index contributed by atoms with van der Waals surface area (Å²) in [5.74, 6) is -0.378. The minimum Gasteiger partial charge on any atom is -0.348 e. The lowest BCUT2D eigenvalue weighted by Gasteiger charge is -2.30. The van der Waals surface area contributed by atoms with Crippen LogP contribution in [0.15, 0.2) is 30.3 Å². The zero-order valence-electron chi connectivity index (χ0n) is 18.0. The van der Waals surface area contributed by atoms with Crippen molar-refractivity contribution in [1.29, 1.82) is 0 Å². The van der Waals surface area contributed by atoms with E-state index in [2.05, 4.69) is 17.4 Å². The van der Waals surface area contributed by atoms with Crippen LogP contribution in [-0.2, 0) is 14.8 Å². The van der Waals surface area contributed by atoms with E-state index in [1.807, 2.05) is 34.6 Å². The van der Waals surface area contributed by atoms with Crippen LogP contribution in [0.1, 0.15) is 47.7 Å². The maximum Gasteiger partial charge on any atom is 0.244 e. The molecule has 1 amide bonds. The highest BCUT2D eigenvalue weighted by molar-refractivity contribution is 7.92. The molecule has 0 bridgehead atoms. The average molecular weight is 437 g/mol. The van der Waals surface area contributed by atoms with Crippen molar-refractivity contribution in [2.75, 3.05) is 10.6 Å². The largest absolute Gasteiger partial charge is 0.348 e. The number of sulfonamides is 1. The fraction of sp³-hybridized carbons (Fsp3) is 0.409. The molecular weight excluding hydrogens is 408 g/mol. The number of hydrogen-bond acceptors (Lipinski definition) is 3. The van der Waals surface area contributed by atoms with Gasteiger partial charge in [0, 0.05) is 5.02 Å². The Morgan fingerprint density at radius 1 is 0.966 bits per heavy atom. The van der Waals surface area contributed by atoms with Gasteiger partial charge < -0.3 is 5.32 Å². The Balaban J connectivity index is 2.32. The van der Waals surface area contributed by atoms with Gasteiger partial charge in [0.05, 0.1) is 18.0 Å². The van der Waals surface area contributed by atoms with E-state index in [9.17, 15) is 13.2 Å². The molecule has 0 saturated carbocycles. The molecule has 0 aromatic heterocycles. The van der Waals surface area contributed by atoms with Crippen LogP contribution < -0.4 is 9.62 Å². The number of rotatable bonds is 6. The van der Waals surface area contributed by atoms with Gasteiger partial charge in [-0.2, -0.15) is 0 Å². The highest BCUT2D eigenvalue weighted by atomic mass is 35.5. The van der Waals surface area contributed by atoms with Crippen molar-refractivity contribution in [3.63, 3.8) is 0 Å². The third-order valence-corrected chi connectivity index (χ3v) is 6.85. The molecule has 158 valence electrons. The molecule has 0 aliphatic carbocycles. The molecule has 0 aliphatic rings. The summed E-state index contributed by atoms with van der Waals surface area (Å²) < 4.78 is 26.0. The minimum atomic E-state index is -3.70. The van der Waals surface area contributed by atoms with Gasteiger partial charge in [-0.05, 0) is 81.5 Å². The first-order chi connectivity index (χ1) is 13.3. The van der Waals surface area contributed by atoms with Gasteiger partial charge in [-0.25, -0.2) is 8.42 Å². The fourth-order valence-electron chi connectivity index (χ4n) is 3.39. The molecule has 0 fully saturated rings.